The molecular weight excluding hydrogens is 388 g/mol. The Hall–Kier alpha value is -2.56. The molecule has 0 amide bonds. The van der Waals surface area contributed by atoms with Crippen LogP contribution in [0.4, 0.5) is 11.4 Å². The summed E-state index contributed by atoms with van der Waals surface area (Å²) in [4.78, 5) is 17.1. The largest absolute Gasteiger partial charge is 0.360 e. The van der Waals surface area contributed by atoms with Gasteiger partial charge in [0.15, 0.2) is 0 Å². The zero-order chi connectivity index (χ0) is 19.8. The molecule has 3 aromatic rings. The third kappa shape index (κ3) is 3.64. The monoisotopic (exact) mass is 406 g/mol. The van der Waals surface area contributed by atoms with Crippen LogP contribution in [0.5, 0.6) is 0 Å². The number of benzene rings is 2. The molecule has 0 aliphatic carbocycles. The van der Waals surface area contributed by atoms with Crippen LogP contribution in [0.25, 0.3) is 10.2 Å². The van der Waals surface area contributed by atoms with Gasteiger partial charge in [0.25, 0.3) is 5.69 Å². The van der Waals surface area contributed by atoms with Crippen LogP contribution >= 0.6 is 11.3 Å². The molecule has 0 aliphatic rings. The molecule has 0 saturated carbocycles. The Morgan fingerprint density at radius 1 is 1.26 bits per heavy atom. The number of nitro benzene ring substituents is 1. The number of hydrogen-bond acceptors (Lipinski definition) is 7. The van der Waals surface area contributed by atoms with Gasteiger partial charge in [-0.05, 0) is 38.2 Å². The van der Waals surface area contributed by atoms with E-state index in [0.29, 0.717) is 5.69 Å². The summed E-state index contributed by atoms with van der Waals surface area (Å²) in [6.07, 6.45) is 0. The lowest BCUT2D eigenvalue weighted by molar-refractivity contribution is -0.384. The fraction of sp³-hybridized carbons (Fsp3) is 0.235. The molecule has 1 N–H and O–H groups in total. The summed E-state index contributed by atoms with van der Waals surface area (Å²) < 4.78 is 27.1. The molecule has 1 atom stereocenters. The smallest absolute Gasteiger partial charge is 0.293 e. The minimum atomic E-state index is -3.77. The molecule has 27 heavy (non-hydrogen) atoms. The van der Waals surface area contributed by atoms with Crippen molar-refractivity contribution in [2.75, 3.05) is 19.0 Å². The summed E-state index contributed by atoms with van der Waals surface area (Å²) in [5.74, 6) is 0. The van der Waals surface area contributed by atoms with Gasteiger partial charge >= 0.3 is 0 Å². The molecule has 3 rings (SSSR count). The lowest BCUT2D eigenvalue weighted by atomic mass is 10.2. The van der Waals surface area contributed by atoms with Crippen molar-refractivity contribution in [1.82, 2.24) is 9.71 Å². The lowest BCUT2D eigenvalue weighted by Gasteiger charge is -2.25. The van der Waals surface area contributed by atoms with E-state index in [0.717, 1.165) is 21.3 Å². The van der Waals surface area contributed by atoms with Crippen LogP contribution in [0.15, 0.2) is 47.4 Å². The first-order valence-corrected chi connectivity index (χ1v) is 10.3. The van der Waals surface area contributed by atoms with Crippen molar-refractivity contribution in [1.29, 1.82) is 0 Å². The van der Waals surface area contributed by atoms with Gasteiger partial charge in [-0.25, -0.2) is 18.1 Å². The minimum Gasteiger partial charge on any atom is -0.360 e. The summed E-state index contributed by atoms with van der Waals surface area (Å²) in [5, 5.41) is 12.4. The quantitative estimate of drug-likeness (QED) is 0.497. The van der Waals surface area contributed by atoms with Crippen LogP contribution in [-0.4, -0.2) is 32.4 Å². The number of nitrogens with zero attached hydrogens (tertiary/aromatic N) is 3. The second-order valence-corrected chi connectivity index (χ2v) is 8.87. The summed E-state index contributed by atoms with van der Waals surface area (Å²) in [7, 11) is -0.782. The maximum atomic E-state index is 12.0. The molecule has 142 valence electrons. The first kappa shape index (κ1) is 19.2. The standard InChI is InChI=1S/C17H18N4O4S2/c1-11(17-19-13-6-4-5-7-16(13)26-17)20(3)14-9-8-12(27(24,25)18-2)10-15(14)21(22)23/h4-11,18H,1-3H3/t11-/m0/s1. The molecule has 0 bridgehead atoms. The van der Waals surface area contributed by atoms with E-state index in [9.17, 15) is 18.5 Å². The van der Waals surface area contributed by atoms with Gasteiger partial charge in [-0.3, -0.25) is 10.1 Å². The first-order chi connectivity index (χ1) is 12.7. The Morgan fingerprint density at radius 3 is 2.59 bits per heavy atom. The van der Waals surface area contributed by atoms with Crippen molar-refractivity contribution in [2.24, 2.45) is 0 Å². The number of thiazole rings is 1. The zero-order valence-corrected chi connectivity index (χ0v) is 16.5. The van der Waals surface area contributed by atoms with Gasteiger partial charge in [0.2, 0.25) is 10.0 Å². The van der Waals surface area contributed by atoms with Crippen LogP contribution in [0.1, 0.15) is 18.0 Å². The first-order valence-electron chi connectivity index (χ1n) is 8.05. The van der Waals surface area contributed by atoms with Crippen LogP contribution in [0.2, 0.25) is 0 Å². The van der Waals surface area contributed by atoms with Crippen LogP contribution in [0.3, 0.4) is 0 Å². The molecule has 1 aromatic heterocycles. The highest BCUT2D eigenvalue weighted by atomic mass is 32.2. The normalized spacial score (nSPS) is 12.9. The van der Waals surface area contributed by atoms with E-state index < -0.39 is 14.9 Å². The van der Waals surface area contributed by atoms with Gasteiger partial charge in [0.1, 0.15) is 10.7 Å². The molecule has 2 aromatic carbocycles. The van der Waals surface area contributed by atoms with Gasteiger partial charge in [0.05, 0.1) is 26.1 Å². The maximum Gasteiger partial charge on any atom is 0.293 e. The minimum absolute atomic E-state index is 0.151. The van der Waals surface area contributed by atoms with E-state index in [1.807, 2.05) is 31.2 Å². The average molecular weight is 406 g/mol. The lowest BCUT2D eigenvalue weighted by Crippen LogP contribution is -2.23. The fourth-order valence-electron chi connectivity index (χ4n) is 2.68. The van der Waals surface area contributed by atoms with Gasteiger partial charge in [-0.1, -0.05) is 12.1 Å². The van der Waals surface area contributed by atoms with Crippen molar-refractivity contribution >= 4 is 43.0 Å². The number of nitrogens with one attached hydrogen (secondary N) is 1. The Balaban J connectivity index is 2.02. The second kappa shape index (κ2) is 7.22. The van der Waals surface area contributed by atoms with Gasteiger partial charge in [0, 0.05) is 13.1 Å². The van der Waals surface area contributed by atoms with Crippen molar-refractivity contribution < 1.29 is 13.3 Å². The zero-order valence-electron chi connectivity index (χ0n) is 14.9. The maximum absolute atomic E-state index is 12.0. The van der Waals surface area contributed by atoms with E-state index in [1.54, 1.807) is 11.9 Å². The number of anilines is 1. The highest BCUT2D eigenvalue weighted by molar-refractivity contribution is 7.89. The summed E-state index contributed by atoms with van der Waals surface area (Å²) in [6.45, 7) is 1.90. The Bertz CT molecular complexity index is 1080. The Kier molecular flexibility index (Phi) is 5.13. The number of nitro groups is 1. The number of para-hydroxylation sites is 1. The molecule has 0 radical (unpaired) electrons. The van der Waals surface area contributed by atoms with Crippen molar-refractivity contribution in [3.63, 3.8) is 0 Å². The molecule has 0 saturated heterocycles. The van der Waals surface area contributed by atoms with E-state index in [4.69, 9.17) is 0 Å². The van der Waals surface area contributed by atoms with E-state index in [-0.39, 0.29) is 16.6 Å². The highest BCUT2D eigenvalue weighted by Crippen LogP contribution is 2.36. The predicted octanol–water partition coefficient (Wildman–Crippen LogP) is 3.31. The topological polar surface area (TPSA) is 105 Å². The van der Waals surface area contributed by atoms with Gasteiger partial charge in [-0.2, -0.15) is 0 Å². The SMILES string of the molecule is CNS(=O)(=O)c1ccc(N(C)[C@@H](C)c2nc3ccccc3s2)c([N+](=O)[O-])c1. The van der Waals surface area contributed by atoms with Crippen molar-refractivity contribution in [3.05, 3.63) is 57.6 Å². The summed E-state index contributed by atoms with van der Waals surface area (Å²) >= 11 is 1.53. The molecule has 1 heterocycles. The average Bonchev–Trinajstić information content (AvgIpc) is 3.10. The third-order valence-electron chi connectivity index (χ3n) is 4.35. The molecular formula is C17H18N4O4S2. The van der Waals surface area contributed by atoms with E-state index in [1.165, 1.54) is 30.5 Å². The molecule has 0 fully saturated rings. The summed E-state index contributed by atoms with van der Waals surface area (Å²) in [6, 6.07) is 11.4. The Morgan fingerprint density at radius 2 is 1.96 bits per heavy atom. The second-order valence-electron chi connectivity index (χ2n) is 5.92. The van der Waals surface area contributed by atoms with E-state index in [2.05, 4.69) is 9.71 Å². The third-order valence-corrected chi connectivity index (χ3v) is 6.97. The van der Waals surface area contributed by atoms with E-state index >= 15 is 0 Å². The molecule has 0 unspecified atom stereocenters. The van der Waals surface area contributed by atoms with Crippen molar-refractivity contribution in [3.8, 4) is 0 Å². The molecule has 8 nitrogen and oxygen atoms in total. The van der Waals surface area contributed by atoms with Gasteiger partial charge in [-0.15, -0.1) is 11.3 Å². The number of aromatic nitrogens is 1. The van der Waals surface area contributed by atoms with Crippen LogP contribution < -0.4 is 9.62 Å². The number of sulfonamides is 1. The number of fused-ring (bicyclic) bond motifs is 1. The number of rotatable bonds is 6. The highest BCUT2D eigenvalue weighted by Gasteiger charge is 2.26. The van der Waals surface area contributed by atoms with Crippen LogP contribution in [-0.2, 0) is 10.0 Å². The van der Waals surface area contributed by atoms with Gasteiger partial charge < -0.3 is 4.90 Å². The Labute approximate surface area is 160 Å². The fourth-order valence-corrected chi connectivity index (χ4v) is 4.49. The van der Waals surface area contributed by atoms with Crippen molar-refractivity contribution in [2.45, 2.75) is 17.9 Å². The molecule has 10 heteroatoms. The summed E-state index contributed by atoms with van der Waals surface area (Å²) in [5.41, 5.74) is 0.923. The number of hydrogen-bond donors (Lipinski definition) is 1. The molecule has 0 spiro atoms. The molecule has 0 aliphatic heterocycles. The van der Waals surface area contributed by atoms with Crippen LogP contribution in [0, 0.1) is 10.1 Å². The predicted molar refractivity (Wildman–Crippen MR) is 106 cm³/mol.